The largest absolute Gasteiger partial charge is 0.546 e. The number of anilines is 1. The summed E-state index contributed by atoms with van der Waals surface area (Å²) in [6, 6.07) is 8.97. The molecule has 0 aliphatic heterocycles. The molecule has 32 heavy (non-hydrogen) atoms. The van der Waals surface area contributed by atoms with Crippen molar-refractivity contribution in [3.05, 3.63) is 47.1 Å². The Morgan fingerprint density at radius 2 is 1.88 bits per heavy atom. The second-order valence-electron chi connectivity index (χ2n) is 8.51. The molecule has 6 nitrogen and oxygen atoms in total. The molecule has 0 aliphatic rings. The maximum Gasteiger partial charge on any atom is 0.257 e. The second-order valence-corrected chi connectivity index (χ2v) is 12.3. The quantitative estimate of drug-likeness (QED) is 0.303. The van der Waals surface area contributed by atoms with E-state index in [4.69, 9.17) is 43.8 Å². The van der Waals surface area contributed by atoms with Gasteiger partial charge in [0.05, 0.1) is 5.02 Å². The topological polar surface area (TPSA) is 77.2 Å². The van der Waals surface area contributed by atoms with Crippen molar-refractivity contribution in [1.29, 1.82) is 0 Å². The summed E-state index contributed by atoms with van der Waals surface area (Å²) in [4.78, 5) is 14.9. The van der Waals surface area contributed by atoms with Crippen LogP contribution in [0.4, 0.5) is 5.69 Å². The number of rotatable bonds is 6. The van der Waals surface area contributed by atoms with Crippen LogP contribution in [0.3, 0.4) is 0 Å². The number of nitrogens with one attached hydrogen (secondary N) is 1. The van der Waals surface area contributed by atoms with Gasteiger partial charge in [0.25, 0.3) is 5.91 Å². The Morgan fingerprint density at radius 1 is 1.16 bits per heavy atom. The minimum atomic E-state index is -1.36. The summed E-state index contributed by atoms with van der Waals surface area (Å²) < 4.78 is 11.6. The smallest absolute Gasteiger partial charge is 0.257 e. The Bertz CT molecular complexity index is 1130. The molecule has 0 bridgehead atoms. The third-order valence-corrected chi connectivity index (χ3v) is 6.02. The lowest BCUT2D eigenvalue weighted by Crippen LogP contribution is -2.18. The first-order valence-electron chi connectivity index (χ1n) is 9.99. The first-order chi connectivity index (χ1) is 15.0. The van der Waals surface area contributed by atoms with Crippen LogP contribution in [0.5, 0.6) is 5.75 Å². The molecule has 3 aromatic rings. The predicted molar refractivity (Wildman–Crippen MR) is 133 cm³/mol. The molecular weight excluding hydrogens is 489 g/mol. The van der Waals surface area contributed by atoms with Crippen molar-refractivity contribution >= 4 is 55.4 Å². The van der Waals surface area contributed by atoms with E-state index in [9.17, 15) is 4.79 Å². The third-order valence-electron chi connectivity index (χ3n) is 4.52. The molecule has 1 aromatic carbocycles. The molecule has 170 valence electrons. The van der Waals surface area contributed by atoms with E-state index >= 15 is 0 Å². The van der Waals surface area contributed by atoms with Gasteiger partial charge in [0.2, 0.25) is 9.04 Å². The van der Waals surface area contributed by atoms with Gasteiger partial charge in [-0.1, -0.05) is 66.8 Å². The van der Waals surface area contributed by atoms with Crippen LogP contribution >= 0.6 is 34.8 Å². The molecule has 2 heterocycles. The number of carbonyl (C=O) groups is 1. The van der Waals surface area contributed by atoms with Gasteiger partial charge in [0.1, 0.15) is 17.1 Å². The van der Waals surface area contributed by atoms with E-state index in [1.54, 1.807) is 24.4 Å². The van der Waals surface area contributed by atoms with E-state index in [0.717, 1.165) is 11.1 Å². The Hall–Kier alpha value is -2.06. The summed E-state index contributed by atoms with van der Waals surface area (Å²) in [5, 5.41) is 7.38. The number of nitrogens with zero attached hydrogens (tertiary/aromatic N) is 2. The number of carbonyl (C=O) groups excluding carboxylic acids is 1. The van der Waals surface area contributed by atoms with Crippen LogP contribution in [0.1, 0.15) is 26.3 Å². The molecule has 10 heteroatoms. The van der Waals surface area contributed by atoms with Crippen molar-refractivity contribution in [3.63, 3.8) is 0 Å². The fraction of sp³-hybridized carbons (Fsp3) is 0.318. The maximum absolute atomic E-state index is 11.8. The molecule has 0 spiro atoms. The van der Waals surface area contributed by atoms with E-state index in [2.05, 4.69) is 49.3 Å². The Labute approximate surface area is 203 Å². The molecule has 1 N–H and O–H groups in total. The van der Waals surface area contributed by atoms with Crippen molar-refractivity contribution in [2.24, 2.45) is 0 Å². The summed E-state index contributed by atoms with van der Waals surface area (Å²) in [5.41, 5.74) is 3.13. The zero-order chi connectivity index (χ0) is 23.6. The molecule has 3 rings (SSSR count). The van der Waals surface area contributed by atoms with Crippen molar-refractivity contribution in [2.75, 3.05) is 5.32 Å². The van der Waals surface area contributed by atoms with Gasteiger partial charge in [-0.05, 0) is 42.3 Å². The van der Waals surface area contributed by atoms with Crippen molar-refractivity contribution in [2.45, 2.75) is 44.1 Å². The highest BCUT2D eigenvalue weighted by atomic mass is 35.5. The van der Waals surface area contributed by atoms with Gasteiger partial charge in [0.15, 0.2) is 10.6 Å². The van der Waals surface area contributed by atoms with Crippen molar-refractivity contribution in [1.82, 2.24) is 10.1 Å². The zero-order valence-corrected chi connectivity index (χ0v) is 21.8. The SMILES string of the molecule is C[SiH](C)Oc1ccc(C(C)(C)C)c(-c2cc(-c3cc(NC(=O)C(Cl)Cl)ccn3)on2)c1Cl. The van der Waals surface area contributed by atoms with E-state index in [1.807, 2.05) is 12.1 Å². The van der Waals surface area contributed by atoms with Gasteiger partial charge in [-0.15, -0.1) is 0 Å². The lowest BCUT2D eigenvalue weighted by molar-refractivity contribution is -0.114. The molecular formula is C22H24Cl3N3O3Si. The lowest BCUT2D eigenvalue weighted by Gasteiger charge is -2.24. The van der Waals surface area contributed by atoms with Crippen LogP contribution < -0.4 is 9.74 Å². The van der Waals surface area contributed by atoms with Gasteiger partial charge in [-0.25, -0.2) is 0 Å². The normalized spacial score (nSPS) is 11.8. The first-order valence-corrected chi connectivity index (χ1v) is 14.0. The molecule has 0 fully saturated rings. The molecule has 1 amide bonds. The Balaban J connectivity index is 2.04. The highest BCUT2D eigenvalue weighted by molar-refractivity contribution is 6.54. The van der Waals surface area contributed by atoms with Crippen LogP contribution in [0.25, 0.3) is 22.7 Å². The van der Waals surface area contributed by atoms with Crippen LogP contribution in [0.2, 0.25) is 18.1 Å². The van der Waals surface area contributed by atoms with E-state index in [1.165, 1.54) is 0 Å². The average molecular weight is 513 g/mol. The van der Waals surface area contributed by atoms with Crippen LogP contribution in [-0.4, -0.2) is 29.9 Å². The molecule has 0 unspecified atom stereocenters. The zero-order valence-electron chi connectivity index (χ0n) is 18.4. The van der Waals surface area contributed by atoms with Crippen LogP contribution in [0.15, 0.2) is 41.1 Å². The summed E-state index contributed by atoms with van der Waals surface area (Å²) in [5.74, 6) is 0.529. The number of hydrogen-bond acceptors (Lipinski definition) is 5. The van der Waals surface area contributed by atoms with Crippen LogP contribution in [0, 0.1) is 0 Å². The average Bonchev–Trinajstić information content (AvgIpc) is 3.18. The van der Waals surface area contributed by atoms with E-state index < -0.39 is 19.8 Å². The number of halogens is 3. The number of hydrogen-bond donors (Lipinski definition) is 1. The summed E-state index contributed by atoms with van der Waals surface area (Å²) in [7, 11) is -1.36. The molecule has 2 aromatic heterocycles. The monoisotopic (exact) mass is 511 g/mol. The summed E-state index contributed by atoms with van der Waals surface area (Å²) in [6.45, 7) is 10.5. The molecule has 0 atom stereocenters. The van der Waals surface area contributed by atoms with E-state index in [0.29, 0.717) is 33.6 Å². The second kappa shape index (κ2) is 9.83. The van der Waals surface area contributed by atoms with Crippen molar-refractivity contribution < 1.29 is 13.7 Å². The molecule has 0 aliphatic carbocycles. The van der Waals surface area contributed by atoms with Crippen molar-refractivity contribution in [3.8, 4) is 28.5 Å². The lowest BCUT2D eigenvalue weighted by atomic mass is 9.82. The molecule has 0 saturated heterocycles. The Morgan fingerprint density at radius 3 is 2.50 bits per heavy atom. The Kier molecular flexibility index (Phi) is 7.55. The molecule has 0 saturated carbocycles. The molecule has 0 radical (unpaired) electrons. The fourth-order valence-corrected chi connectivity index (χ4v) is 4.33. The number of alkyl halides is 2. The van der Waals surface area contributed by atoms with Gasteiger partial charge < -0.3 is 14.3 Å². The minimum absolute atomic E-state index is 0.187. The highest BCUT2D eigenvalue weighted by Gasteiger charge is 2.26. The fourth-order valence-electron chi connectivity index (χ4n) is 3.13. The summed E-state index contributed by atoms with van der Waals surface area (Å²) in [6.07, 6.45) is 1.54. The highest BCUT2D eigenvalue weighted by Crippen LogP contribution is 2.43. The standard InChI is InChI=1S/C22H24Cl3N3O3Si/c1-22(2,3)13-6-7-16(31-32(4)5)19(23)18(13)15-11-17(30-28-15)14-10-12(8-9-26-14)27-21(29)20(24)25/h6-11,20,32H,1-5H3,(H,26,27,29). The van der Waals surface area contributed by atoms with E-state index in [-0.39, 0.29) is 5.41 Å². The van der Waals surface area contributed by atoms with Gasteiger partial charge >= 0.3 is 0 Å². The number of benzene rings is 1. The van der Waals surface area contributed by atoms with Gasteiger partial charge in [-0.2, -0.15) is 0 Å². The summed E-state index contributed by atoms with van der Waals surface area (Å²) >= 11 is 18.0. The minimum Gasteiger partial charge on any atom is -0.546 e. The first kappa shape index (κ1) is 24.6. The maximum atomic E-state index is 11.8. The third kappa shape index (κ3) is 5.64. The van der Waals surface area contributed by atoms with Crippen LogP contribution in [-0.2, 0) is 10.2 Å². The number of amides is 1. The number of aromatic nitrogens is 2. The number of pyridine rings is 1. The van der Waals surface area contributed by atoms with Gasteiger partial charge in [0, 0.05) is 23.5 Å². The predicted octanol–water partition coefficient (Wildman–Crippen LogP) is 6.46. The van der Waals surface area contributed by atoms with Gasteiger partial charge in [-0.3, -0.25) is 9.78 Å².